The number of aromatic nitrogens is 1. The Balaban J connectivity index is 1.71. The van der Waals surface area contributed by atoms with Crippen LogP contribution in [0.3, 0.4) is 0 Å². The third-order valence-electron chi connectivity index (χ3n) is 4.19. The van der Waals surface area contributed by atoms with Crippen molar-refractivity contribution in [2.75, 3.05) is 0 Å². The summed E-state index contributed by atoms with van der Waals surface area (Å²) in [5.41, 5.74) is 2.07. The zero-order valence-corrected chi connectivity index (χ0v) is 12.5. The molecule has 106 valence electrons. The highest BCUT2D eigenvalue weighted by atomic mass is 35.5. The van der Waals surface area contributed by atoms with E-state index in [4.69, 9.17) is 11.6 Å². The number of para-hydroxylation sites is 1. The minimum absolute atomic E-state index is 0.629. The Hall–Kier alpha value is -1.12. The fourth-order valence-corrected chi connectivity index (χ4v) is 3.21. The van der Waals surface area contributed by atoms with Crippen molar-refractivity contribution in [2.24, 2.45) is 0 Å². The first-order valence-corrected chi connectivity index (χ1v) is 7.98. The van der Waals surface area contributed by atoms with E-state index in [9.17, 15) is 0 Å². The lowest BCUT2D eigenvalue weighted by Gasteiger charge is -2.16. The lowest BCUT2D eigenvalue weighted by Crippen LogP contribution is -2.28. The quantitative estimate of drug-likeness (QED) is 0.654. The van der Waals surface area contributed by atoms with Gasteiger partial charge in [0.05, 0.1) is 5.52 Å². The van der Waals surface area contributed by atoms with Gasteiger partial charge in [-0.3, -0.25) is 0 Å². The lowest BCUT2D eigenvalue weighted by molar-refractivity contribution is 0.459. The Bertz CT molecular complexity index is 574. The van der Waals surface area contributed by atoms with Crippen molar-refractivity contribution in [3.8, 4) is 0 Å². The first-order valence-electron chi connectivity index (χ1n) is 7.60. The van der Waals surface area contributed by atoms with Crippen molar-refractivity contribution >= 4 is 22.5 Å². The summed E-state index contributed by atoms with van der Waals surface area (Å²) in [6.45, 7) is 0.821. The van der Waals surface area contributed by atoms with Gasteiger partial charge in [-0.05, 0) is 25.0 Å². The summed E-state index contributed by atoms with van der Waals surface area (Å²) in [7, 11) is 0. The van der Waals surface area contributed by atoms with Gasteiger partial charge in [-0.15, -0.1) is 0 Å². The third-order valence-corrected chi connectivity index (χ3v) is 4.51. The molecule has 0 bridgehead atoms. The molecule has 0 unspecified atom stereocenters. The standard InChI is InChI=1S/C17H21ClN2/c18-17-14(11-13-7-5-6-10-16(13)20-17)12-19-15-8-3-1-2-4-9-15/h5-7,10-11,15,19H,1-4,8-9,12H2. The van der Waals surface area contributed by atoms with Gasteiger partial charge in [-0.2, -0.15) is 0 Å². The molecule has 1 fully saturated rings. The van der Waals surface area contributed by atoms with Gasteiger partial charge in [0.15, 0.2) is 0 Å². The normalized spacial score (nSPS) is 17.2. The Morgan fingerprint density at radius 3 is 2.65 bits per heavy atom. The summed E-state index contributed by atoms with van der Waals surface area (Å²) in [6, 6.07) is 10.9. The summed E-state index contributed by atoms with van der Waals surface area (Å²) >= 11 is 6.30. The van der Waals surface area contributed by atoms with E-state index in [0.29, 0.717) is 11.2 Å². The van der Waals surface area contributed by atoms with Gasteiger partial charge < -0.3 is 5.32 Å². The Kier molecular flexibility index (Phi) is 4.54. The van der Waals surface area contributed by atoms with E-state index >= 15 is 0 Å². The third kappa shape index (κ3) is 3.31. The number of pyridine rings is 1. The number of benzene rings is 1. The van der Waals surface area contributed by atoms with Crippen LogP contribution in [0.4, 0.5) is 0 Å². The van der Waals surface area contributed by atoms with Crippen molar-refractivity contribution in [3.63, 3.8) is 0 Å². The fraction of sp³-hybridized carbons (Fsp3) is 0.471. The molecule has 1 aliphatic carbocycles. The van der Waals surface area contributed by atoms with Crippen molar-refractivity contribution < 1.29 is 0 Å². The fourth-order valence-electron chi connectivity index (χ4n) is 3.00. The van der Waals surface area contributed by atoms with Crippen LogP contribution in [0.2, 0.25) is 5.15 Å². The van der Waals surface area contributed by atoms with Gasteiger partial charge in [0.1, 0.15) is 5.15 Å². The van der Waals surface area contributed by atoms with Gasteiger partial charge >= 0.3 is 0 Å². The zero-order chi connectivity index (χ0) is 13.8. The molecular weight excluding hydrogens is 268 g/mol. The molecule has 1 heterocycles. The predicted octanol–water partition coefficient (Wildman–Crippen LogP) is 4.70. The second kappa shape index (κ2) is 6.55. The average Bonchev–Trinajstić information content (AvgIpc) is 2.74. The van der Waals surface area contributed by atoms with Crippen LogP contribution >= 0.6 is 11.6 Å². The van der Waals surface area contributed by atoms with Crippen molar-refractivity contribution in [3.05, 3.63) is 41.0 Å². The van der Waals surface area contributed by atoms with Crippen molar-refractivity contribution in [1.82, 2.24) is 10.3 Å². The molecule has 20 heavy (non-hydrogen) atoms. The molecule has 0 spiro atoms. The highest BCUT2D eigenvalue weighted by molar-refractivity contribution is 6.30. The molecule has 1 aromatic carbocycles. The number of hydrogen-bond acceptors (Lipinski definition) is 2. The molecule has 0 saturated heterocycles. The molecule has 1 saturated carbocycles. The molecule has 3 rings (SSSR count). The minimum atomic E-state index is 0.629. The van der Waals surface area contributed by atoms with Crippen LogP contribution < -0.4 is 5.32 Å². The first-order chi connectivity index (χ1) is 9.83. The second-order valence-electron chi connectivity index (χ2n) is 5.70. The molecule has 0 amide bonds. The number of hydrogen-bond donors (Lipinski definition) is 1. The second-order valence-corrected chi connectivity index (χ2v) is 6.06. The smallest absolute Gasteiger partial charge is 0.134 e. The van der Waals surface area contributed by atoms with Gasteiger partial charge in [0.2, 0.25) is 0 Å². The summed E-state index contributed by atoms with van der Waals surface area (Å²) in [6.07, 6.45) is 8.05. The van der Waals surface area contributed by atoms with E-state index in [-0.39, 0.29) is 0 Å². The maximum atomic E-state index is 6.30. The summed E-state index contributed by atoms with van der Waals surface area (Å²) < 4.78 is 0. The topological polar surface area (TPSA) is 24.9 Å². The summed E-state index contributed by atoms with van der Waals surface area (Å²) in [4.78, 5) is 4.48. The number of fused-ring (bicyclic) bond motifs is 1. The van der Waals surface area contributed by atoms with E-state index in [1.807, 2.05) is 18.2 Å². The molecular formula is C17H21ClN2. The molecule has 1 aromatic heterocycles. The summed E-state index contributed by atoms with van der Waals surface area (Å²) in [5.74, 6) is 0. The minimum Gasteiger partial charge on any atom is -0.310 e. The highest BCUT2D eigenvalue weighted by Gasteiger charge is 2.12. The van der Waals surface area contributed by atoms with Crippen molar-refractivity contribution in [2.45, 2.75) is 51.1 Å². The zero-order valence-electron chi connectivity index (χ0n) is 11.7. The van der Waals surface area contributed by atoms with E-state index < -0.39 is 0 Å². The monoisotopic (exact) mass is 288 g/mol. The van der Waals surface area contributed by atoms with Gasteiger partial charge in [-0.25, -0.2) is 4.98 Å². The van der Waals surface area contributed by atoms with E-state index in [1.54, 1.807) is 0 Å². The van der Waals surface area contributed by atoms with Gasteiger partial charge in [-0.1, -0.05) is 55.5 Å². The molecule has 2 nitrogen and oxygen atoms in total. The van der Waals surface area contributed by atoms with Gasteiger partial charge in [0.25, 0.3) is 0 Å². The molecule has 0 atom stereocenters. The van der Waals surface area contributed by atoms with Crippen LogP contribution in [0.15, 0.2) is 30.3 Å². The first kappa shape index (κ1) is 13.8. The average molecular weight is 289 g/mol. The molecule has 0 radical (unpaired) electrons. The van der Waals surface area contributed by atoms with E-state index in [1.165, 1.54) is 38.5 Å². The predicted molar refractivity (Wildman–Crippen MR) is 85.1 cm³/mol. The Labute approximate surface area is 125 Å². The maximum Gasteiger partial charge on any atom is 0.134 e. The molecule has 1 N–H and O–H groups in total. The lowest BCUT2D eigenvalue weighted by atomic mass is 10.1. The highest BCUT2D eigenvalue weighted by Crippen LogP contribution is 2.22. The Morgan fingerprint density at radius 1 is 1.10 bits per heavy atom. The van der Waals surface area contributed by atoms with E-state index in [0.717, 1.165) is 23.0 Å². The van der Waals surface area contributed by atoms with Crippen LogP contribution in [-0.4, -0.2) is 11.0 Å². The largest absolute Gasteiger partial charge is 0.310 e. The van der Waals surface area contributed by atoms with Crippen LogP contribution in [-0.2, 0) is 6.54 Å². The number of nitrogens with zero attached hydrogens (tertiary/aromatic N) is 1. The Morgan fingerprint density at radius 2 is 1.85 bits per heavy atom. The number of nitrogens with one attached hydrogen (secondary N) is 1. The SMILES string of the molecule is Clc1nc2ccccc2cc1CNC1CCCCCC1. The van der Waals surface area contributed by atoms with Crippen LogP contribution in [0.25, 0.3) is 10.9 Å². The molecule has 2 aromatic rings. The van der Waals surface area contributed by atoms with Crippen LogP contribution in [0.5, 0.6) is 0 Å². The molecule has 3 heteroatoms. The summed E-state index contributed by atoms with van der Waals surface area (Å²) in [5, 5.41) is 5.45. The van der Waals surface area contributed by atoms with Crippen molar-refractivity contribution in [1.29, 1.82) is 0 Å². The number of halogens is 1. The molecule has 1 aliphatic rings. The van der Waals surface area contributed by atoms with Crippen LogP contribution in [0, 0.1) is 0 Å². The van der Waals surface area contributed by atoms with E-state index in [2.05, 4.69) is 22.4 Å². The molecule has 0 aliphatic heterocycles. The van der Waals surface area contributed by atoms with Gasteiger partial charge in [0, 0.05) is 23.5 Å². The maximum absolute atomic E-state index is 6.30. The van der Waals surface area contributed by atoms with Crippen LogP contribution in [0.1, 0.15) is 44.1 Å². The number of rotatable bonds is 3.